The van der Waals surface area contributed by atoms with E-state index in [9.17, 15) is 26.3 Å². The molecule has 1 unspecified atom stereocenters. The first-order valence-electron chi connectivity index (χ1n) is 13.9. The van der Waals surface area contributed by atoms with Crippen molar-refractivity contribution in [2.24, 2.45) is 15.9 Å². The highest BCUT2D eigenvalue weighted by atomic mass is 19.4. The maximum Gasteiger partial charge on any atom is 0.416 e. The maximum absolute atomic E-state index is 12.4. The molecule has 2 nitrogen and oxygen atoms in total. The zero-order valence-corrected chi connectivity index (χ0v) is 26.4. The van der Waals surface area contributed by atoms with E-state index in [0.717, 1.165) is 54.3 Å². The molecule has 0 spiro atoms. The average molecular weight is 587 g/mol. The summed E-state index contributed by atoms with van der Waals surface area (Å²) in [5.74, 6) is 1.52. The molecule has 2 aromatic carbocycles. The molecule has 0 saturated carbocycles. The van der Waals surface area contributed by atoms with Crippen LogP contribution in [0.1, 0.15) is 110 Å². The minimum Gasteiger partial charge on any atom is -0.270 e. The van der Waals surface area contributed by atoms with Crippen molar-refractivity contribution in [3.05, 3.63) is 82.4 Å². The summed E-state index contributed by atoms with van der Waals surface area (Å²) in [5.41, 5.74) is 2.40. The van der Waals surface area contributed by atoms with E-state index in [2.05, 4.69) is 30.8 Å². The Morgan fingerprint density at radius 3 is 1.49 bits per heavy atom. The fourth-order valence-corrected chi connectivity index (χ4v) is 3.03. The van der Waals surface area contributed by atoms with Gasteiger partial charge in [-0.05, 0) is 75.3 Å². The van der Waals surface area contributed by atoms with Crippen LogP contribution < -0.4 is 0 Å². The van der Waals surface area contributed by atoms with Gasteiger partial charge in [-0.25, -0.2) is 4.99 Å². The van der Waals surface area contributed by atoms with Crippen LogP contribution in [0.2, 0.25) is 0 Å². The Balaban J connectivity index is 0. The van der Waals surface area contributed by atoms with Crippen molar-refractivity contribution in [1.82, 2.24) is 0 Å². The first-order valence-corrected chi connectivity index (χ1v) is 13.9. The van der Waals surface area contributed by atoms with Crippen molar-refractivity contribution in [3.63, 3.8) is 0 Å². The molecule has 2 aromatic rings. The third kappa shape index (κ3) is 17.5. The van der Waals surface area contributed by atoms with Crippen LogP contribution in [0.25, 0.3) is 0 Å². The van der Waals surface area contributed by atoms with Gasteiger partial charge >= 0.3 is 12.4 Å². The predicted molar refractivity (Wildman–Crippen MR) is 163 cm³/mol. The molecule has 0 bridgehead atoms. The van der Waals surface area contributed by atoms with Gasteiger partial charge in [0.25, 0.3) is 0 Å². The van der Waals surface area contributed by atoms with Gasteiger partial charge in [0, 0.05) is 18.3 Å². The predicted octanol–water partition coefficient (Wildman–Crippen LogP) is 11.8. The second kappa shape index (κ2) is 20.1. The minimum absolute atomic E-state index is 0.244. The highest BCUT2D eigenvalue weighted by molar-refractivity contribution is 6.06. The van der Waals surface area contributed by atoms with Gasteiger partial charge in [0.1, 0.15) is 0 Å². The molecule has 0 N–H and O–H groups in total. The van der Waals surface area contributed by atoms with Crippen molar-refractivity contribution >= 4 is 11.5 Å². The van der Waals surface area contributed by atoms with E-state index >= 15 is 0 Å². The molecule has 0 heterocycles. The molecular weight excluding hydrogens is 538 g/mol. The van der Waals surface area contributed by atoms with Gasteiger partial charge in [-0.1, -0.05) is 84.4 Å². The monoisotopic (exact) mass is 586 g/mol. The van der Waals surface area contributed by atoms with Crippen molar-refractivity contribution in [2.75, 3.05) is 7.05 Å². The van der Waals surface area contributed by atoms with Gasteiger partial charge in [-0.15, -0.1) is 0 Å². The van der Waals surface area contributed by atoms with Gasteiger partial charge in [0.15, 0.2) is 5.84 Å². The maximum atomic E-state index is 12.4. The Labute approximate surface area is 243 Å². The highest BCUT2D eigenvalue weighted by Gasteiger charge is 2.30. The van der Waals surface area contributed by atoms with Crippen LogP contribution in [0.4, 0.5) is 26.3 Å². The lowest BCUT2D eigenvalue weighted by atomic mass is 9.93. The molecule has 0 aliphatic rings. The molecule has 0 saturated heterocycles. The standard InChI is InChI=1S/C14H17F3.C13H15F3N2.C4H10.C2H6/c1-4-10(2)9-11(3)12-5-7-13(8-6-12)14(15,16)17;1-4-9(2)18-12(17-3)10-5-7-11(8-6-10)13(14,15)16;1-4(2)3;1-2/h4-8,11H,9H2,1-3H3;5-8H,4H2,1-3H3;4H,1-3H3;1-2H3/b10-4-;;;. The van der Waals surface area contributed by atoms with E-state index in [1.165, 1.54) is 17.7 Å². The van der Waals surface area contributed by atoms with Crippen LogP contribution >= 0.6 is 0 Å². The molecule has 232 valence electrons. The van der Waals surface area contributed by atoms with Crippen LogP contribution in [-0.2, 0) is 12.4 Å². The summed E-state index contributed by atoms with van der Waals surface area (Å²) in [7, 11) is 1.57. The number of rotatable bonds is 5. The van der Waals surface area contributed by atoms with Gasteiger partial charge in [-0.2, -0.15) is 26.3 Å². The van der Waals surface area contributed by atoms with E-state index in [-0.39, 0.29) is 5.92 Å². The topological polar surface area (TPSA) is 24.7 Å². The number of aliphatic imine (C=N–C) groups is 2. The second-order valence-corrected chi connectivity index (χ2v) is 9.91. The van der Waals surface area contributed by atoms with Gasteiger partial charge < -0.3 is 0 Å². The van der Waals surface area contributed by atoms with Gasteiger partial charge in [-0.3, -0.25) is 4.99 Å². The van der Waals surface area contributed by atoms with E-state index in [1.807, 2.05) is 54.5 Å². The first-order chi connectivity index (χ1) is 19.0. The van der Waals surface area contributed by atoms with Crippen molar-refractivity contribution < 1.29 is 26.3 Å². The quantitative estimate of drug-likeness (QED) is 0.144. The summed E-state index contributed by atoms with van der Waals surface area (Å²) in [6.07, 6.45) is -4.88. The zero-order chi connectivity index (χ0) is 32.4. The van der Waals surface area contributed by atoms with E-state index in [1.54, 1.807) is 19.2 Å². The normalized spacial score (nSPS) is 13.3. The number of hydrogen-bond donors (Lipinski definition) is 0. The van der Waals surface area contributed by atoms with Crippen molar-refractivity contribution in [1.29, 1.82) is 0 Å². The first kappa shape index (κ1) is 40.2. The summed E-state index contributed by atoms with van der Waals surface area (Å²) in [5, 5.41) is 0. The van der Waals surface area contributed by atoms with E-state index in [0.29, 0.717) is 11.4 Å². The summed E-state index contributed by atoms with van der Waals surface area (Å²) in [6, 6.07) is 10.3. The fourth-order valence-electron chi connectivity index (χ4n) is 3.03. The number of allylic oxidation sites excluding steroid dienone is 2. The molecule has 0 amide bonds. The third-order valence-electron chi connectivity index (χ3n) is 5.42. The average Bonchev–Trinajstić information content (AvgIpc) is 2.91. The van der Waals surface area contributed by atoms with Crippen LogP contribution in [0.5, 0.6) is 0 Å². The van der Waals surface area contributed by atoms with Gasteiger partial charge in [0.05, 0.1) is 11.1 Å². The molecule has 0 aromatic heterocycles. The van der Waals surface area contributed by atoms with E-state index in [4.69, 9.17) is 0 Å². The smallest absolute Gasteiger partial charge is 0.270 e. The molecule has 1 atom stereocenters. The molecule has 0 radical (unpaired) electrons. The molecule has 2 rings (SSSR count). The molecular formula is C33H48F6N2. The fraction of sp³-hybridized carbons (Fsp3) is 0.515. The molecule has 41 heavy (non-hydrogen) atoms. The van der Waals surface area contributed by atoms with Crippen molar-refractivity contribution in [2.45, 2.75) is 100 Å². The minimum atomic E-state index is -4.31. The SMILES string of the molecule is C/C=C(/C)CC(C)c1ccc(C(F)(F)F)cc1.CC.CC(C)C.CCC(C)=NC(=NC)c1ccc(C(F)(F)F)cc1. The molecule has 0 aliphatic heterocycles. The van der Waals surface area contributed by atoms with Gasteiger partial charge in [0.2, 0.25) is 0 Å². The molecule has 0 aliphatic carbocycles. The Bertz CT molecular complexity index is 1060. The Hall–Kier alpha value is -2.90. The van der Waals surface area contributed by atoms with Crippen LogP contribution in [0.3, 0.4) is 0 Å². The highest BCUT2D eigenvalue weighted by Crippen LogP contribution is 2.31. The lowest BCUT2D eigenvalue weighted by Crippen LogP contribution is -2.06. The zero-order valence-electron chi connectivity index (χ0n) is 26.4. The largest absolute Gasteiger partial charge is 0.416 e. The Morgan fingerprint density at radius 1 is 0.780 bits per heavy atom. The summed E-state index contributed by atoms with van der Waals surface area (Å²) in [4.78, 5) is 8.25. The number of alkyl halides is 6. The van der Waals surface area contributed by atoms with Crippen LogP contribution in [0, 0.1) is 5.92 Å². The lowest BCUT2D eigenvalue weighted by Gasteiger charge is -2.13. The Kier molecular flexibility index (Phi) is 19.7. The molecule has 0 fully saturated rings. The number of amidine groups is 1. The molecule has 8 heteroatoms. The lowest BCUT2D eigenvalue weighted by molar-refractivity contribution is -0.138. The van der Waals surface area contributed by atoms with Crippen molar-refractivity contribution in [3.8, 4) is 0 Å². The number of hydrogen-bond acceptors (Lipinski definition) is 1. The summed E-state index contributed by atoms with van der Waals surface area (Å²) >= 11 is 0. The summed E-state index contributed by atoms with van der Waals surface area (Å²) < 4.78 is 74.4. The number of halogens is 6. The number of benzene rings is 2. The second-order valence-electron chi connectivity index (χ2n) is 9.91. The van der Waals surface area contributed by atoms with Crippen LogP contribution in [-0.4, -0.2) is 18.6 Å². The summed E-state index contributed by atoms with van der Waals surface area (Å²) in [6.45, 7) is 20.3. The van der Waals surface area contributed by atoms with E-state index < -0.39 is 23.5 Å². The van der Waals surface area contributed by atoms with Crippen LogP contribution in [0.15, 0.2) is 70.2 Å². The third-order valence-corrected chi connectivity index (χ3v) is 5.42. The number of nitrogens with zero attached hydrogens (tertiary/aromatic N) is 2. The Morgan fingerprint density at radius 2 is 1.17 bits per heavy atom.